The predicted molar refractivity (Wildman–Crippen MR) is 70.6 cm³/mol. The summed E-state index contributed by atoms with van der Waals surface area (Å²) in [5, 5.41) is 0. The van der Waals surface area contributed by atoms with Gasteiger partial charge in [-0.15, -0.1) is 0 Å². The molecule has 0 aromatic heterocycles. The van der Waals surface area contributed by atoms with Crippen LogP contribution in [0.15, 0.2) is 22.7 Å². The molecular weight excluding hydrogens is 266 g/mol. The molecule has 0 spiro atoms. The lowest BCUT2D eigenvalue weighted by molar-refractivity contribution is 0.103. The van der Waals surface area contributed by atoms with Gasteiger partial charge in [-0.05, 0) is 43.4 Å². The number of ether oxygens (including phenoxy) is 1. The molecule has 88 valence electrons. The van der Waals surface area contributed by atoms with Crippen molar-refractivity contribution >= 4 is 21.6 Å². The summed E-state index contributed by atoms with van der Waals surface area (Å²) in [6.45, 7) is 2.26. The summed E-state index contributed by atoms with van der Waals surface area (Å²) in [5.41, 5.74) is 6.63. The highest BCUT2D eigenvalue weighted by Gasteiger charge is 2.23. The molecule has 2 rings (SSSR count). The molecule has 1 fully saturated rings. The third kappa shape index (κ3) is 2.70. The van der Waals surface area contributed by atoms with Gasteiger partial charge in [-0.1, -0.05) is 29.3 Å². The Kier molecular flexibility index (Phi) is 3.74. The first-order valence-electron chi connectivity index (χ1n) is 5.88. The molecule has 0 saturated heterocycles. The van der Waals surface area contributed by atoms with Crippen molar-refractivity contribution in [2.24, 2.45) is 5.92 Å². The molecule has 2 unspecified atom stereocenters. The first-order valence-corrected chi connectivity index (χ1v) is 6.68. The SMILES string of the molecule is CC1CCCCC1Oc1cc(Br)ccc1N. The number of hydrogen-bond donors (Lipinski definition) is 1. The van der Waals surface area contributed by atoms with Crippen LogP contribution < -0.4 is 10.5 Å². The average Bonchev–Trinajstić information content (AvgIpc) is 2.27. The van der Waals surface area contributed by atoms with Gasteiger partial charge in [-0.2, -0.15) is 0 Å². The summed E-state index contributed by atoms with van der Waals surface area (Å²) in [6, 6.07) is 5.77. The van der Waals surface area contributed by atoms with Crippen molar-refractivity contribution in [1.82, 2.24) is 0 Å². The van der Waals surface area contributed by atoms with Crippen molar-refractivity contribution in [3.8, 4) is 5.75 Å². The molecule has 0 radical (unpaired) electrons. The summed E-state index contributed by atoms with van der Waals surface area (Å²) in [6.07, 6.45) is 5.33. The summed E-state index contributed by atoms with van der Waals surface area (Å²) in [7, 11) is 0. The molecule has 16 heavy (non-hydrogen) atoms. The Morgan fingerprint density at radius 2 is 2.06 bits per heavy atom. The molecule has 1 aliphatic carbocycles. The number of benzene rings is 1. The van der Waals surface area contributed by atoms with Gasteiger partial charge in [0.05, 0.1) is 5.69 Å². The van der Waals surface area contributed by atoms with E-state index in [4.69, 9.17) is 10.5 Å². The monoisotopic (exact) mass is 283 g/mol. The van der Waals surface area contributed by atoms with Gasteiger partial charge in [0.2, 0.25) is 0 Å². The standard InChI is InChI=1S/C13H18BrNO/c1-9-4-2-3-5-12(9)16-13-8-10(14)6-7-11(13)15/h6-9,12H,2-5,15H2,1H3. The van der Waals surface area contributed by atoms with Crippen molar-refractivity contribution in [2.45, 2.75) is 38.7 Å². The van der Waals surface area contributed by atoms with Crippen LogP contribution in [-0.2, 0) is 0 Å². The van der Waals surface area contributed by atoms with Crippen LogP contribution in [0, 0.1) is 5.92 Å². The number of nitrogen functional groups attached to an aromatic ring is 1. The Morgan fingerprint density at radius 3 is 2.81 bits per heavy atom. The van der Waals surface area contributed by atoms with Gasteiger partial charge in [-0.3, -0.25) is 0 Å². The lowest BCUT2D eigenvalue weighted by atomic mass is 9.88. The van der Waals surface area contributed by atoms with Crippen LogP contribution in [0.3, 0.4) is 0 Å². The highest BCUT2D eigenvalue weighted by molar-refractivity contribution is 9.10. The average molecular weight is 284 g/mol. The van der Waals surface area contributed by atoms with Crippen molar-refractivity contribution in [2.75, 3.05) is 5.73 Å². The van der Waals surface area contributed by atoms with Crippen LogP contribution in [0.1, 0.15) is 32.6 Å². The maximum atomic E-state index is 6.02. The van der Waals surface area contributed by atoms with Crippen LogP contribution >= 0.6 is 15.9 Å². The first kappa shape index (κ1) is 11.8. The van der Waals surface area contributed by atoms with E-state index >= 15 is 0 Å². The molecule has 1 aliphatic rings. The zero-order chi connectivity index (χ0) is 11.5. The second kappa shape index (κ2) is 5.09. The largest absolute Gasteiger partial charge is 0.488 e. The third-order valence-corrected chi connectivity index (χ3v) is 3.78. The fourth-order valence-electron chi connectivity index (χ4n) is 2.23. The van der Waals surface area contributed by atoms with Gasteiger partial charge in [0.25, 0.3) is 0 Å². The van der Waals surface area contributed by atoms with Gasteiger partial charge in [0, 0.05) is 4.47 Å². The Labute approximate surface area is 105 Å². The number of anilines is 1. The Balaban J connectivity index is 2.10. The molecule has 2 nitrogen and oxygen atoms in total. The van der Waals surface area contributed by atoms with Gasteiger partial charge in [-0.25, -0.2) is 0 Å². The van der Waals surface area contributed by atoms with Crippen LogP contribution in [-0.4, -0.2) is 6.10 Å². The van der Waals surface area contributed by atoms with Gasteiger partial charge >= 0.3 is 0 Å². The number of rotatable bonds is 2. The summed E-state index contributed by atoms with van der Waals surface area (Å²) in [5.74, 6) is 1.44. The predicted octanol–water partition coefficient (Wildman–Crippen LogP) is 3.99. The van der Waals surface area contributed by atoms with Crippen LogP contribution in [0.5, 0.6) is 5.75 Å². The van der Waals surface area contributed by atoms with Gasteiger partial charge in [0.1, 0.15) is 11.9 Å². The van der Waals surface area contributed by atoms with Crippen molar-refractivity contribution in [3.05, 3.63) is 22.7 Å². The molecule has 1 aromatic carbocycles. The lowest BCUT2D eigenvalue weighted by Crippen LogP contribution is -2.28. The minimum Gasteiger partial charge on any atom is -0.488 e. The fraction of sp³-hybridized carbons (Fsp3) is 0.538. The highest BCUT2D eigenvalue weighted by atomic mass is 79.9. The maximum Gasteiger partial charge on any atom is 0.143 e. The van der Waals surface area contributed by atoms with E-state index in [2.05, 4.69) is 22.9 Å². The van der Waals surface area contributed by atoms with E-state index in [1.165, 1.54) is 19.3 Å². The maximum absolute atomic E-state index is 6.02. The van der Waals surface area contributed by atoms with E-state index < -0.39 is 0 Å². The molecule has 3 heteroatoms. The van der Waals surface area contributed by atoms with E-state index in [9.17, 15) is 0 Å². The lowest BCUT2D eigenvalue weighted by Gasteiger charge is -2.29. The van der Waals surface area contributed by atoms with Crippen LogP contribution in [0.2, 0.25) is 0 Å². The number of hydrogen-bond acceptors (Lipinski definition) is 2. The first-order chi connectivity index (χ1) is 7.66. The van der Waals surface area contributed by atoms with E-state index in [0.29, 0.717) is 12.0 Å². The normalized spacial score (nSPS) is 25.4. The summed E-state index contributed by atoms with van der Waals surface area (Å²) in [4.78, 5) is 0. The van der Waals surface area contributed by atoms with E-state index in [1.807, 2.05) is 18.2 Å². The molecule has 0 amide bonds. The third-order valence-electron chi connectivity index (χ3n) is 3.29. The van der Waals surface area contributed by atoms with Crippen molar-refractivity contribution < 1.29 is 4.74 Å². The topological polar surface area (TPSA) is 35.2 Å². The summed E-state index contributed by atoms with van der Waals surface area (Å²) >= 11 is 3.44. The van der Waals surface area contributed by atoms with E-state index in [1.54, 1.807) is 0 Å². The van der Waals surface area contributed by atoms with Crippen LogP contribution in [0.4, 0.5) is 5.69 Å². The molecule has 2 N–H and O–H groups in total. The quantitative estimate of drug-likeness (QED) is 0.833. The van der Waals surface area contributed by atoms with Gasteiger partial charge < -0.3 is 10.5 Å². The van der Waals surface area contributed by atoms with Crippen LogP contribution in [0.25, 0.3) is 0 Å². The van der Waals surface area contributed by atoms with E-state index in [-0.39, 0.29) is 0 Å². The zero-order valence-corrected chi connectivity index (χ0v) is 11.2. The summed E-state index contributed by atoms with van der Waals surface area (Å²) < 4.78 is 7.04. The molecule has 1 saturated carbocycles. The fourth-order valence-corrected chi connectivity index (χ4v) is 2.57. The minimum absolute atomic E-state index is 0.324. The second-order valence-corrected chi connectivity index (χ2v) is 5.52. The zero-order valence-electron chi connectivity index (χ0n) is 9.58. The van der Waals surface area contributed by atoms with E-state index in [0.717, 1.165) is 22.3 Å². The van der Waals surface area contributed by atoms with Crippen molar-refractivity contribution in [3.63, 3.8) is 0 Å². The molecule has 2 atom stereocenters. The number of nitrogens with two attached hydrogens (primary N) is 1. The Hall–Kier alpha value is -0.700. The number of halogens is 1. The smallest absolute Gasteiger partial charge is 0.143 e. The molecular formula is C13H18BrNO. The Morgan fingerprint density at radius 1 is 1.31 bits per heavy atom. The minimum atomic E-state index is 0.324. The molecule has 0 heterocycles. The second-order valence-electron chi connectivity index (χ2n) is 4.60. The highest BCUT2D eigenvalue weighted by Crippen LogP contribution is 2.32. The Bertz CT molecular complexity index is 367. The molecule has 1 aromatic rings. The molecule has 0 aliphatic heterocycles. The molecule has 0 bridgehead atoms. The van der Waals surface area contributed by atoms with Gasteiger partial charge in [0.15, 0.2) is 0 Å². The van der Waals surface area contributed by atoms with Crippen molar-refractivity contribution in [1.29, 1.82) is 0 Å².